The summed E-state index contributed by atoms with van der Waals surface area (Å²) in [6.07, 6.45) is 0.465. The molecule has 6 nitrogen and oxygen atoms in total. The molecule has 0 radical (unpaired) electrons. The molecule has 0 aliphatic heterocycles. The lowest BCUT2D eigenvalue weighted by Crippen LogP contribution is -2.08. The first-order chi connectivity index (χ1) is 10.9. The molecule has 0 aliphatic rings. The quantitative estimate of drug-likeness (QED) is 0.794. The summed E-state index contributed by atoms with van der Waals surface area (Å²) >= 11 is 5.77. The van der Waals surface area contributed by atoms with E-state index in [4.69, 9.17) is 11.6 Å². The fraction of sp³-hybridized carbons (Fsp3) is 0.333. The maximum absolute atomic E-state index is 14.5. The van der Waals surface area contributed by atoms with Crippen molar-refractivity contribution in [3.05, 3.63) is 35.4 Å². The number of aliphatic hydroxyl groups excluding tert-OH is 1. The number of imidazole rings is 1. The zero-order chi connectivity index (χ0) is 16.7. The second-order valence-corrected chi connectivity index (χ2v) is 5.85. The average Bonchev–Trinajstić information content (AvgIpc) is 2.87. The Morgan fingerprint density at radius 3 is 2.52 bits per heavy atom. The molecule has 0 saturated carbocycles. The van der Waals surface area contributed by atoms with Gasteiger partial charge >= 0.3 is 0 Å². The summed E-state index contributed by atoms with van der Waals surface area (Å²) in [6, 6.07) is 3.04. The monoisotopic (exact) mass is 335 g/mol. The molecule has 3 rings (SSSR count). The molecule has 0 aliphatic carbocycles. The smallest absolute Gasteiger partial charge is 0.225 e. The second kappa shape index (κ2) is 5.82. The van der Waals surface area contributed by atoms with Gasteiger partial charge in [0, 0.05) is 11.6 Å². The molecular weight excluding hydrogens is 321 g/mol. The van der Waals surface area contributed by atoms with Gasteiger partial charge < -0.3 is 9.67 Å². The van der Waals surface area contributed by atoms with E-state index in [1.165, 1.54) is 12.4 Å². The van der Waals surface area contributed by atoms with Crippen molar-refractivity contribution >= 4 is 22.6 Å². The highest BCUT2D eigenvalue weighted by Crippen LogP contribution is 2.30. The summed E-state index contributed by atoms with van der Waals surface area (Å²) in [7, 11) is 0. The van der Waals surface area contributed by atoms with Crippen LogP contribution in [-0.2, 0) is 0 Å². The summed E-state index contributed by atoms with van der Waals surface area (Å²) in [5.41, 5.74) is 1.25. The molecule has 0 unspecified atom stereocenters. The van der Waals surface area contributed by atoms with Gasteiger partial charge in [-0.3, -0.25) is 0 Å². The number of benzene rings is 1. The van der Waals surface area contributed by atoms with E-state index < -0.39 is 11.9 Å². The third kappa shape index (κ3) is 2.77. The summed E-state index contributed by atoms with van der Waals surface area (Å²) < 4.78 is 16.3. The zero-order valence-electron chi connectivity index (χ0n) is 12.8. The van der Waals surface area contributed by atoms with Crippen molar-refractivity contribution in [3.63, 3.8) is 0 Å². The molecule has 1 N–H and O–H groups in total. The van der Waals surface area contributed by atoms with E-state index in [1.807, 2.05) is 13.8 Å². The van der Waals surface area contributed by atoms with Crippen molar-refractivity contribution in [1.29, 1.82) is 0 Å². The third-order valence-electron chi connectivity index (χ3n) is 3.47. The standard InChI is InChI=1S/C15H15ClFN5O/c1-7(2)22-11-5-9(13-18-6-19-15(16)21-13)4-10(17)12(11)20-14(22)8(3)23/h4-8,23H,1-3H3/t8-/m1/s1. The molecule has 2 heterocycles. The lowest BCUT2D eigenvalue weighted by Gasteiger charge is -2.14. The Bertz CT molecular complexity index is 878. The van der Waals surface area contributed by atoms with Crippen LogP contribution in [0, 0.1) is 5.82 Å². The highest BCUT2D eigenvalue weighted by molar-refractivity contribution is 6.28. The van der Waals surface area contributed by atoms with Gasteiger partial charge in [0.15, 0.2) is 11.6 Å². The van der Waals surface area contributed by atoms with E-state index in [2.05, 4.69) is 19.9 Å². The minimum Gasteiger partial charge on any atom is -0.385 e. The van der Waals surface area contributed by atoms with Gasteiger partial charge in [-0.15, -0.1) is 0 Å². The minimum atomic E-state index is -0.806. The molecule has 0 amide bonds. The van der Waals surface area contributed by atoms with Crippen molar-refractivity contribution < 1.29 is 9.50 Å². The van der Waals surface area contributed by atoms with Gasteiger partial charge in [-0.2, -0.15) is 4.98 Å². The summed E-state index contributed by atoms with van der Waals surface area (Å²) in [5.74, 6) is 0.191. The summed E-state index contributed by atoms with van der Waals surface area (Å²) in [4.78, 5) is 16.0. The number of rotatable bonds is 3. The fourth-order valence-corrected chi connectivity index (χ4v) is 2.68. The second-order valence-electron chi connectivity index (χ2n) is 5.51. The number of hydrogen-bond donors (Lipinski definition) is 1. The van der Waals surface area contributed by atoms with Crippen molar-refractivity contribution in [1.82, 2.24) is 24.5 Å². The van der Waals surface area contributed by atoms with Crippen LogP contribution in [0.1, 0.15) is 38.7 Å². The van der Waals surface area contributed by atoms with Gasteiger partial charge in [0.25, 0.3) is 0 Å². The van der Waals surface area contributed by atoms with E-state index in [0.29, 0.717) is 16.9 Å². The average molecular weight is 336 g/mol. The van der Waals surface area contributed by atoms with Crippen LogP contribution in [0.5, 0.6) is 0 Å². The molecule has 0 saturated heterocycles. The molecular formula is C15H15ClFN5O. The van der Waals surface area contributed by atoms with Crippen LogP contribution in [0.2, 0.25) is 5.28 Å². The lowest BCUT2D eigenvalue weighted by molar-refractivity contribution is 0.182. The molecule has 8 heteroatoms. The van der Waals surface area contributed by atoms with E-state index in [1.54, 1.807) is 17.6 Å². The number of fused-ring (bicyclic) bond motifs is 1. The number of aliphatic hydroxyl groups is 1. The zero-order valence-corrected chi connectivity index (χ0v) is 13.6. The first kappa shape index (κ1) is 15.8. The highest BCUT2D eigenvalue weighted by Gasteiger charge is 2.20. The van der Waals surface area contributed by atoms with E-state index >= 15 is 0 Å². The Labute approximate surface area is 137 Å². The Morgan fingerprint density at radius 1 is 1.17 bits per heavy atom. The minimum absolute atomic E-state index is 0.00111. The number of nitrogens with zero attached hydrogens (tertiary/aromatic N) is 5. The van der Waals surface area contributed by atoms with Crippen LogP contribution >= 0.6 is 11.6 Å². The van der Waals surface area contributed by atoms with Gasteiger partial charge in [-0.25, -0.2) is 19.3 Å². The third-order valence-corrected chi connectivity index (χ3v) is 3.65. The largest absolute Gasteiger partial charge is 0.385 e. The maximum Gasteiger partial charge on any atom is 0.225 e. The molecule has 0 bridgehead atoms. The molecule has 23 heavy (non-hydrogen) atoms. The van der Waals surface area contributed by atoms with Crippen LogP contribution < -0.4 is 0 Å². The van der Waals surface area contributed by atoms with Crippen molar-refractivity contribution in [3.8, 4) is 11.4 Å². The predicted octanol–water partition coefficient (Wildman–Crippen LogP) is 3.32. The lowest BCUT2D eigenvalue weighted by atomic mass is 10.1. The van der Waals surface area contributed by atoms with E-state index in [9.17, 15) is 9.50 Å². The van der Waals surface area contributed by atoms with Crippen LogP contribution in [0.25, 0.3) is 22.4 Å². The molecule has 1 atom stereocenters. The van der Waals surface area contributed by atoms with E-state index in [-0.39, 0.29) is 22.7 Å². The van der Waals surface area contributed by atoms with Crippen molar-refractivity contribution in [2.24, 2.45) is 0 Å². The van der Waals surface area contributed by atoms with Gasteiger partial charge in [0.05, 0.1) is 5.52 Å². The normalized spacial score (nSPS) is 13.0. The topological polar surface area (TPSA) is 76.7 Å². The van der Waals surface area contributed by atoms with Gasteiger partial charge in [0.2, 0.25) is 5.28 Å². The number of hydrogen-bond acceptors (Lipinski definition) is 5. The first-order valence-electron chi connectivity index (χ1n) is 7.13. The predicted molar refractivity (Wildman–Crippen MR) is 84.5 cm³/mol. The van der Waals surface area contributed by atoms with Crippen molar-refractivity contribution in [2.45, 2.75) is 32.9 Å². The molecule has 3 aromatic rings. The Hall–Kier alpha value is -2.12. The Kier molecular flexibility index (Phi) is 3.99. The summed E-state index contributed by atoms with van der Waals surface area (Å²) in [6.45, 7) is 5.49. The van der Waals surface area contributed by atoms with Crippen molar-refractivity contribution in [2.75, 3.05) is 0 Å². The van der Waals surface area contributed by atoms with Crippen LogP contribution in [0.3, 0.4) is 0 Å². The molecule has 2 aromatic heterocycles. The molecule has 0 fully saturated rings. The molecule has 0 spiro atoms. The molecule has 120 valence electrons. The van der Waals surface area contributed by atoms with Gasteiger partial charge in [-0.05, 0) is 44.5 Å². The SMILES string of the molecule is CC(C)n1c([C@@H](C)O)nc2c(F)cc(-c3ncnc(Cl)n3)cc21. The Balaban J connectivity index is 2.30. The highest BCUT2D eigenvalue weighted by atomic mass is 35.5. The van der Waals surface area contributed by atoms with Crippen LogP contribution in [-0.4, -0.2) is 29.6 Å². The summed E-state index contributed by atoms with van der Waals surface area (Å²) in [5, 5.41) is 9.95. The fourth-order valence-electron chi connectivity index (χ4n) is 2.55. The first-order valence-corrected chi connectivity index (χ1v) is 7.50. The van der Waals surface area contributed by atoms with E-state index in [0.717, 1.165) is 0 Å². The Morgan fingerprint density at radius 2 is 1.91 bits per heavy atom. The molecule has 1 aromatic carbocycles. The van der Waals surface area contributed by atoms with Crippen LogP contribution in [0.15, 0.2) is 18.5 Å². The number of halogens is 2. The maximum atomic E-state index is 14.5. The van der Waals surface area contributed by atoms with Crippen LogP contribution in [0.4, 0.5) is 4.39 Å². The van der Waals surface area contributed by atoms with Gasteiger partial charge in [0.1, 0.15) is 23.8 Å². The van der Waals surface area contributed by atoms with Gasteiger partial charge in [-0.1, -0.05) is 0 Å². The number of aromatic nitrogens is 5.